The van der Waals surface area contributed by atoms with Gasteiger partial charge in [0, 0.05) is 77.5 Å². The molecule has 7 nitrogen and oxygen atoms in total. The molecule has 3 aromatic rings. The van der Waals surface area contributed by atoms with Crippen LogP contribution in [0.2, 0.25) is 0 Å². The summed E-state index contributed by atoms with van der Waals surface area (Å²) >= 11 is 0. The van der Waals surface area contributed by atoms with E-state index in [0.29, 0.717) is 13.0 Å². The summed E-state index contributed by atoms with van der Waals surface area (Å²) in [7, 11) is 1.89. The number of unbranched alkanes of at least 4 members (excludes halogenated alkanes) is 2. The maximum Gasteiger partial charge on any atom is 0.222 e. The number of hydrogen-bond acceptors (Lipinski definition) is 4. The highest BCUT2D eigenvalue weighted by Crippen LogP contribution is 2.42. The Morgan fingerprint density at radius 3 is 2.38 bits per heavy atom. The molecule has 0 radical (unpaired) electrons. The van der Waals surface area contributed by atoms with E-state index in [-0.39, 0.29) is 24.3 Å². The first-order valence-electron chi connectivity index (χ1n) is 16.5. The highest BCUT2D eigenvalue weighted by atomic mass is 16.3. The average molecular weight is 608 g/mol. The molecule has 8 bridgehead atoms. The first kappa shape index (κ1) is 32.4. The first-order valence-corrected chi connectivity index (χ1v) is 16.5. The monoisotopic (exact) mass is 607 g/mol. The Morgan fingerprint density at radius 2 is 1.67 bits per heavy atom. The largest absolute Gasteiger partial charge is 0.396 e. The van der Waals surface area contributed by atoms with Gasteiger partial charge in [-0.2, -0.15) is 0 Å². The van der Waals surface area contributed by atoms with Crippen molar-refractivity contribution in [3.8, 4) is 0 Å². The molecule has 0 saturated heterocycles. The lowest BCUT2D eigenvalue weighted by atomic mass is 9.86. The van der Waals surface area contributed by atoms with Crippen LogP contribution in [0.1, 0.15) is 116 Å². The standard InChI is InChI=1S/C38H49N5O2/c1-9-27-24(5)33-21-36-28(10-2)23(4)32(40-36)20-34-25(6)29(14-15-37(45)43(8)16-12-11-13-17-44)38(42-34)26(7)31-18-22(3)30(39-31)19-35(27)41-33/h10,18-21,25,29,39-40,44H,2,9,11-17H2,1,3-8H3/t25-,29-/m0/s1. The van der Waals surface area contributed by atoms with Gasteiger partial charge < -0.3 is 20.0 Å². The molecule has 0 fully saturated rings. The highest BCUT2D eigenvalue weighted by molar-refractivity contribution is 5.93. The molecule has 2 aliphatic rings. The summed E-state index contributed by atoms with van der Waals surface area (Å²) in [6.07, 6.45) is 6.63. The van der Waals surface area contributed by atoms with Crippen molar-refractivity contribution in [3.63, 3.8) is 0 Å². The Balaban J connectivity index is 1.67. The number of hydrogen-bond donors (Lipinski definition) is 3. The van der Waals surface area contributed by atoms with E-state index in [1.165, 1.54) is 11.1 Å². The van der Waals surface area contributed by atoms with E-state index >= 15 is 0 Å². The van der Waals surface area contributed by atoms with Crippen LogP contribution in [0, 0.1) is 20.8 Å². The third-order valence-corrected chi connectivity index (χ3v) is 9.93. The van der Waals surface area contributed by atoms with Gasteiger partial charge in [-0.1, -0.05) is 26.5 Å². The van der Waals surface area contributed by atoms with Gasteiger partial charge in [0.2, 0.25) is 5.91 Å². The topological polar surface area (TPSA) is 97.9 Å². The minimum Gasteiger partial charge on any atom is -0.396 e. The highest BCUT2D eigenvalue weighted by Gasteiger charge is 2.31. The SMILES string of the molecule is C=Cc1c(C)c2cc3nc(c(C)c4cc(C)c(cc5nc(cc1[nH]2)C(C)=C5CC)[nH]4)[C@@H](CCC(=O)N(C)CCCCCO)[C@@H]3C. The molecule has 238 valence electrons. The van der Waals surface area contributed by atoms with E-state index < -0.39 is 0 Å². The fraction of sp³-hybridized carbons (Fsp3) is 0.447. The predicted octanol–water partition coefficient (Wildman–Crippen LogP) is 8.51. The summed E-state index contributed by atoms with van der Waals surface area (Å²) in [5, 5.41) is 9.08. The van der Waals surface area contributed by atoms with Crippen LogP contribution in [-0.4, -0.2) is 56.0 Å². The molecule has 0 unspecified atom stereocenters. The normalized spacial score (nSPS) is 16.4. The molecule has 7 heteroatoms. The quantitative estimate of drug-likeness (QED) is 0.201. The van der Waals surface area contributed by atoms with Crippen LogP contribution in [0.15, 0.2) is 30.8 Å². The van der Waals surface area contributed by atoms with Crippen LogP contribution in [0.4, 0.5) is 0 Å². The predicted molar refractivity (Wildman–Crippen MR) is 187 cm³/mol. The van der Waals surface area contributed by atoms with Gasteiger partial charge in [-0.3, -0.25) is 9.78 Å². The molecular weight excluding hydrogens is 558 g/mol. The number of H-pyrrole nitrogens is 2. The zero-order valence-electron chi connectivity index (χ0n) is 28.1. The van der Waals surface area contributed by atoms with Crippen molar-refractivity contribution in [1.82, 2.24) is 24.8 Å². The van der Waals surface area contributed by atoms with Crippen molar-refractivity contribution >= 4 is 45.2 Å². The molecule has 2 aliphatic heterocycles. The molecule has 0 saturated carbocycles. The number of rotatable bonds is 10. The fourth-order valence-electron chi connectivity index (χ4n) is 6.90. The van der Waals surface area contributed by atoms with Gasteiger partial charge in [0.15, 0.2) is 0 Å². The number of aromatic nitrogens is 4. The Morgan fingerprint density at radius 1 is 0.956 bits per heavy atom. The minimum atomic E-state index is 0.114. The number of nitrogens with one attached hydrogen (secondary N) is 2. The lowest BCUT2D eigenvalue weighted by Crippen LogP contribution is -2.28. The van der Waals surface area contributed by atoms with Crippen molar-refractivity contribution in [2.75, 3.05) is 20.2 Å². The molecule has 5 heterocycles. The summed E-state index contributed by atoms with van der Waals surface area (Å²) in [4.78, 5) is 32.8. The van der Waals surface area contributed by atoms with Gasteiger partial charge >= 0.3 is 0 Å². The van der Waals surface area contributed by atoms with E-state index in [1.54, 1.807) is 0 Å². The number of fused-ring (bicyclic) bond motifs is 8. The van der Waals surface area contributed by atoms with Crippen molar-refractivity contribution in [3.05, 3.63) is 75.9 Å². The fourth-order valence-corrected chi connectivity index (χ4v) is 6.90. The van der Waals surface area contributed by atoms with Gasteiger partial charge in [-0.15, -0.1) is 0 Å². The maximum atomic E-state index is 13.2. The third-order valence-electron chi connectivity index (χ3n) is 9.93. The third kappa shape index (κ3) is 6.41. The van der Waals surface area contributed by atoms with Crippen molar-refractivity contribution in [2.45, 2.75) is 91.9 Å². The van der Waals surface area contributed by atoms with Crippen LogP contribution in [0.3, 0.4) is 0 Å². The Hall–Kier alpha value is -3.97. The van der Waals surface area contributed by atoms with E-state index in [4.69, 9.17) is 15.1 Å². The number of aromatic amines is 2. The second-order valence-electron chi connectivity index (χ2n) is 12.8. The number of carbonyl (C=O) groups excluding carboxylic acids is 1. The second-order valence-corrected chi connectivity index (χ2v) is 12.8. The van der Waals surface area contributed by atoms with E-state index in [9.17, 15) is 4.79 Å². The Kier molecular flexibility index (Phi) is 9.78. The number of carbonyl (C=O) groups is 1. The molecule has 3 N–H and O–H groups in total. The number of aryl methyl sites for hydroxylation is 3. The summed E-state index contributed by atoms with van der Waals surface area (Å²) in [6, 6.07) is 8.72. The van der Waals surface area contributed by atoms with Crippen molar-refractivity contribution in [1.29, 1.82) is 0 Å². The Labute approximate surface area is 267 Å². The van der Waals surface area contributed by atoms with Crippen LogP contribution < -0.4 is 0 Å². The molecule has 0 aliphatic carbocycles. The van der Waals surface area contributed by atoms with Gasteiger partial charge in [0.25, 0.3) is 0 Å². The molecular formula is C38H49N5O2. The summed E-state index contributed by atoms with van der Waals surface area (Å²) in [5.74, 6) is 0.417. The second kappa shape index (κ2) is 13.6. The Bertz CT molecular complexity index is 1810. The lowest BCUT2D eigenvalue weighted by molar-refractivity contribution is -0.130. The smallest absolute Gasteiger partial charge is 0.222 e. The summed E-state index contributed by atoms with van der Waals surface area (Å²) in [6.45, 7) is 18.1. The molecule has 0 aromatic carbocycles. The lowest BCUT2D eigenvalue weighted by Gasteiger charge is -2.20. The van der Waals surface area contributed by atoms with Crippen LogP contribution in [-0.2, 0) is 4.79 Å². The van der Waals surface area contributed by atoms with E-state index in [0.717, 1.165) is 99.2 Å². The first-order chi connectivity index (χ1) is 21.6. The molecule has 2 atom stereocenters. The van der Waals surface area contributed by atoms with E-state index in [1.807, 2.05) is 18.0 Å². The molecule has 0 spiro atoms. The summed E-state index contributed by atoms with van der Waals surface area (Å²) < 4.78 is 0. The summed E-state index contributed by atoms with van der Waals surface area (Å²) in [5.41, 5.74) is 15.1. The average Bonchev–Trinajstić information content (AvgIpc) is 3.72. The number of nitrogens with zero attached hydrogens (tertiary/aromatic N) is 3. The van der Waals surface area contributed by atoms with Crippen LogP contribution in [0.5, 0.6) is 0 Å². The minimum absolute atomic E-state index is 0.114. The maximum absolute atomic E-state index is 13.2. The van der Waals surface area contributed by atoms with Gasteiger partial charge in [0.05, 0.1) is 11.4 Å². The molecule has 3 aromatic heterocycles. The van der Waals surface area contributed by atoms with Crippen molar-refractivity contribution in [2.24, 2.45) is 0 Å². The zero-order valence-corrected chi connectivity index (χ0v) is 28.1. The van der Waals surface area contributed by atoms with Crippen LogP contribution >= 0.6 is 0 Å². The van der Waals surface area contributed by atoms with Gasteiger partial charge in [-0.25, -0.2) is 4.98 Å². The zero-order chi connectivity index (χ0) is 32.4. The molecule has 45 heavy (non-hydrogen) atoms. The number of aliphatic hydroxyl groups is 1. The van der Waals surface area contributed by atoms with E-state index in [2.05, 4.69) is 82.4 Å². The molecule has 1 amide bonds. The van der Waals surface area contributed by atoms with Crippen molar-refractivity contribution < 1.29 is 9.90 Å². The van der Waals surface area contributed by atoms with Gasteiger partial charge in [0.1, 0.15) is 0 Å². The molecule has 5 rings (SSSR count). The number of allylic oxidation sites excluding steroid dienone is 2. The van der Waals surface area contributed by atoms with Gasteiger partial charge in [-0.05, 0) is 112 Å². The van der Waals surface area contributed by atoms with Crippen LogP contribution in [0.25, 0.3) is 39.3 Å². The number of amides is 1. The number of aliphatic hydroxyl groups excluding tert-OH is 1.